The van der Waals surface area contributed by atoms with Gasteiger partial charge >= 0.3 is 0 Å². The molecule has 4 N–H and O–H groups in total. The van der Waals surface area contributed by atoms with Crippen molar-refractivity contribution < 1.29 is 14.6 Å². The normalized spacial score (nSPS) is 21.8. The van der Waals surface area contributed by atoms with Gasteiger partial charge in [0, 0.05) is 12.2 Å². The van der Waals surface area contributed by atoms with Crippen LogP contribution >= 0.6 is 0 Å². The Hall–Kier alpha value is -1.75. The standard InChI is InChI=1S/C16H24N2O3/c1-2-21-14-8-4-7-13(17)15(14)16(20)18-10-11-5-3-6-12(19)9-11/h4,7-8,11-12,19H,2-3,5-6,9-10,17H2,1H3,(H,18,20). The Morgan fingerprint density at radius 3 is 3.00 bits per heavy atom. The zero-order valence-electron chi connectivity index (χ0n) is 12.5. The van der Waals surface area contributed by atoms with Crippen LogP contribution in [0.5, 0.6) is 5.75 Å². The van der Waals surface area contributed by atoms with Gasteiger partial charge in [0.15, 0.2) is 0 Å². The summed E-state index contributed by atoms with van der Waals surface area (Å²) in [5, 5.41) is 12.6. The van der Waals surface area contributed by atoms with Crippen LogP contribution in [0.2, 0.25) is 0 Å². The number of nitrogens with one attached hydrogen (secondary N) is 1. The van der Waals surface area contributed by atoms with E-state index >= 15 is 0 Å². The molecule has 5 heteroatoms. The first kappa shape index (κ1) is 15.6. The van der Waals surface area contributed by atoms with Crippen LogP contribution in [-0.2, 0) is 0 Å². The second-order valence-corrected chi connectivity index (χ2v) is 5.55. The van der Waals surface area contributed by atoms with E-state index in [9.17, 15) is 9.90 Å². The minimum absolute atomic E-state index is 0.211. The number of aliphatic hydroxyl groups excluding tert-OH is 1. The number of nitrogens with two attached hydrogens (primary N) is 1. The highest BCUT2D eigenvalue weighted by Crippen LogP contribution is 2.26. The van der Waals surface area contributed by atoms with Crippen molar-refractivity contribution in [2.75, 3.05) is 18.9 Å². The Bertz CT molecular complexity index is 490. The summed E-state index contributed by atoms with van der Waals surface area (Å²) in [7, 11) is 0. The van der Waals surface area contributed by atoms with Gasteiger partial charge in [0.2, 0.25) is 0 Å². The van der Waals surface area contributed by atoms with Crippen LogP contribution in [-0.4, -0.2) is 30.3 Å². The third kappa shape index (κ3) is 4.11. The Morgan fingerprint density at radius 2 is 2.29 bits per heavy atom. The Kier molecular flexibility index (Phi) is 5.44. The summed E-state index contributed by atoms with van der Waals surface area (Å²) in [5.74, 6) is 0.633. The lowest BCUT2D eigenvalue weighted by atomic mass is 9.87. The molecule has 0 aliphatic heterocycles. The van der Waals surface area contributed by atoms with Gasteiger partial charge in [0.25, 0.3) is 5.91 Å². The summed E-state index contributed by atoms with van der Waals surface area (Å²) < 4.78 is 5.47. The molecule has 21 heavy (non-hydrogen) atoms. The van der Waals surface area contributed by atoms with Crippen molar-refractivity contribution in [1.82, 2.24) is 5.32 Å². The maximum absolute atomic E-state index is 12.4. The average molecular weight is 292 g/mol. The molecule has 2 rings (SSSR count). The topological polar surface area (TPSA) is 84.6 Å². The molecule has 0 heterocycles. The van der Waals surface area contributed by atoms with Gasteiger partial charge in [-0.3, -0.25) is 4.79 Å². The molecule has 0 bridgehead atoms. The fraction of sp³-hybridized carbons (Fsp3) is 0.562. The van der Waals surface area contributed by atoms with E-state index in [4.69, 9.17) is 10.5 Å². The Balaban J connectivity index is 2.00. The van der Waals surface area contributed by atoms with Gasteiger partial charge in [-0.25, -0.2) is 0 Å². The SMILES string of the molecule is CCOc1cccc(N)c1C(=O)NCC1CCCC(O)C1. The average Bonchev–Trinajstić information content (AvgIpc) is 2.45. The second-order valence-electron chi connectivity index (χ2n) is 5.55. The number of anilines is 1. The number of ether oxygens (including phenoxy) is 1. The number of carbonyl (C=O) groups is 1. The van der Waals surface area contributed by atoms with E-state index in [2.05, 4.69) is 5.32 Å². The molecule has 2 atom stereocenters. The lowest BCUT2D eigenvalue weighted by molar-refractivity contribution is 0.0871. The number of hydrogen-bond donors (Lipinski definition) is 3. The molecular weight excluding hydrogens is 268 g/mol. The molecule has 0 saturated heterocycles. The first-order chi connectivity index (χ1) is 10.1. The maximum atomic E-state index is 12.4. The minimum Gasteiger partial charge on any atom is -0.493 e. The molecule has 1 amide bonds. The summed E-state index contributed by atoms with van der Waals surface area (Å²) in [5.41, 5.74) is 6.72. The number of hydrogen-bond acceptors (Lipinski definition) is 4. The molecule has 0 radical (unpaired) electrons. The van der Waals surface area contributed by atoms with Crippen molar-refractivity contribution in [3.8, 4) is 5.75 Å². The van der Waals surface area contributed by atoms with Gasteiger partial charge in [-0.15, -0.1) is 0 Å². The number of aliphatic hydroxyl groups is 1. The molecular formula is C16H24N2O3. The highest BCUT2D eigenvalue weighted by atomic mass is 16.5. The van der Waals surface area contributed by atoms with Crippen molar-refractivity contribution in [3.05, 3.63) is 23.8 Å². The number of rotatable bonds is 5. The molecule has 116 valence electrons. The maximum Gasteiger partial charge on any atom is 0.257 e. The van der Waals surface area contributed by atoms with Crippen LogP contribution in [0.15, 0.2) is 18.2 Å². The third-order valence-electron chi connectivity index (χ3n) is 3.89. The van der Waals surface area contributed by atoms with Crippen LogP contribution in [0, 0.1) is 5.92 Å². The molecule has 1 saturated carbocycles. The monoisotopic (exact) mass is 292 g/mol. The summed E-state index contributed by atoms with van der Waals surface area (Å²) in [6.07, 6.45) is 3.44. The van der Waals surface area contributed by atoms with Crippen LogP contribution in [0.4, 0.5) is 5.69 Å². The van der Waals surface area contributed by atoms with Gasteiger partial charge < -0.3 is 20.9 Å². The van der Waals surface area contributed by atoms with Crippen LogP contribution in [0.1, 0.15) is 43.0 Å². The third-order valence-corrected chi connectivity index (χ3v) is 3.89. The molecule has 1 aromatic rings. The van der Waals surface area contributed by atoms with Gasteiger partial charge in [0.1, 0.15) is 11.3 Å². The molecule has 0 aromatic heterocycles. The highest BCUT2D eigenvalue weighted by molar-refractivity contribution is 6.01. The summed E-state index contributed by atoms with van der Waals surface area (Å²) >= 11 is 0. The number of nitrogen functional groups attached to an aromatic ring is 1. The predicted molar refractivity (Wildman–Crippen MR) is 82.3 cm³/mol. The van der Waals surface area contributed by atoms with Crippen LogP contribution in [0.25, 0.3) is 0 Å². The second kappa shape index (κ2) is 7.31. The zero-order valence-corrected chi connectivity index (χ0v) is 12.5. The van der Waals surface area contributed by atoms with Crippen molar-refractivity contribution >= 4 is 11.6 Å². The van der Waals surface area contributed by atoms with Crippen molar-refractivity contribution in [3.63, 3.8) is 0 Å². The molecule has 1 fully saturated rings. The molecule has 1 aliphatic rings. The highest BCUT2D eigenvalue weighted by Gasteiger charge is 2.22. The first-order valence-corrected chi connectivity index (χ1v) is 7.59. The van der Waals surface area contributed by atoms with Crippen molar-refractivity contribution in [1.29, 1.82) is 0 Å². The number of amides is 1. The minimum atomic E-state index is -0.235. The Labute approximate surface area is 125 Å². The lowest BCUT2D eigenvalue weighted by Gasteiger charge is -2.26. The van der Waals surface area contributed by atoms with Gasteiger partial charge in [-0.05, 0) is 44.2 Å². The van der Waals surface area contributed by atoms with Crippen molar-refractivity contribution in [2.45, 2.75) is 38.7 Å². The molecule has 5 nitrogen and oxygen atoms in total. The smallest absolute Gasteiger partial charge is 0.257 e. The fourth-order valence-electron chi connectivity index (χ4n) is 2.84. The molecule has 2 unspecified atom stereocenters. The lowest BCUT2D eigenvalue weighted by Crippen LogP contribution is -2.33. The first-order valence-electron chi connectivity index (χ1n) is 7.59. The van der Waals surface area contributed by atoms with E-state index in [0.29, 0.717) is 36.1 Å². The summed E-state index contributed by atoms with van der Waals surface area (Å²) in [4.78, 5) is 12.4. The molecule has 1 aromatic carbocycles. The van der Waals surface area contributed by atoms with Crippen LogP contribution in [0.3, 0.4) is 0 Å². The van der Waals surface area contributed by atoms with E-state index in [0.717, 1.165) is 25.7 Å². The van der Waals surface area contributed by atoms with Crippen LogP contribution < -0.4 is 15.8 Å². The van der Waals surface area contributed by atoms with E-state index < -0.39 is 0 Å². The largest absolute Gasteiger partial charge is 0.493 e. The van der Waals surface area contributed by atoms with Gasteiger partial charge in [-0.1, -0.05) is 12.5 Å². The Morgan fingerprint density at radius 1 is 1.48 bits per heavy atom. The predicted octanol–water partition coefficient (Wildman–Crippen LogP) is 1.95. The molecule has 0 spiro atoms. The quantitative estimate of drug-likeness (QED) is 0.724. The zero-order chi connectivity index (χ0) is 15.2. The summed E-state index contributed by atoms with van der Waals surface area (Å²) in [6, 6.07) is 5.22. The van der Waals surface area contributed by atoms with E-state index in [1.165, 1.54) is 0 Å². The van der Waals surface area contributed by atoms with E-state index in [-0.39, 0.29) is 12.0 Å². The van der Waals surface area contributed by atoms with E-state index in [1.807, 2.05) is 6.92 Å². The fourth-order valence-corrected chi connectivity index (χ4v) is 2.84. The summed E-state index contributed by atoms with van der Waals surface area (Å²) in [6.45, 7) is 2.92. The van der Waals surface area contributed by atoms with Gasteiger partial charge in [0.05, 0.1) is 12.7 Å². The number of carbonyl (C=O) groups excluding carboxylic acids is 1. The van der Waals surface area contributed by atoms with E-state index in [1.54, 1.807) is 18.2 Å². The van der Waals surface area contributed by atoms with Crippen molar-refractivity contribution in [2.24, 2.45) is 5.92 Å². The van der Waals surface area contributed by atoms with Gasteiger partial charge in [-0.2, -0.15) is 0 Å². The number of benzene rings is 1. The molecule has 1 aliphatic carbocycles.